The van der Waals surface area contributed by atoms with Gasteiger partial charge in [-0.1, -0.05) is 20.8 Å². The Hall–Kier alpha value is -1.62. The van der Waals surface area contributed by atoms with Gasteiger partial charge in [-0.3, -0.25) is 4.79 Å². The minimum atomic E-state index is -0.640. The SMILES string of the molecule is CC(C)(C)[C@@H](N)C(=O)Nc1ccc(N2CCCC2)c(F)c1. The van der Waals surface area contributed by atoms with Crippen LogP contribution in [0, 0.1) is 11.2 Å². The monoisotopic (exact) mass is 293 g/mol. The van der Waals surface area contributed by atoms with Crippen LogP contribution < -0.4 is 16.0 Å². The Balaban J connectivity index is 2.08. The smallest absolute Gasteiger partial charge is 0.241 e. The lowest BCUT2D eigenvalue weighted by Crippen LogP contribution is -2.45. The van der Waals surface area contributed by atoms with Crippen molar-refractivity contribution in [2.24, 2.45) is 11.1 Å². The summed E-state index contributed by atoms with van der Waals surface area (Å²) in [5, 5.41) is 2.68. The lowest BCUT2D eigenvalue weighted by Gasteiger charge is -2.26. The molecule has 1 aromatic carbocycles. The van der Waals surface area contributed by atoms with E-state index in [0.29, 0.717) is 11.4 Å². The Morgan fingerprint density at radius 2 is 1.95 bits per heavy atom. The molecule has 21 heavy (non-hydrogen) atoms. The van der Waals surface area contributed by atoms with Crippen LogP contribution in [-0.2, 0) is 4.79 Å². The number of nitrogens with zero attached hydrogens (tertiary/aromatic N) is 1. The molecule has 1 saturated heterocycles. The van der Waals surface area contributed by atoms with E-state index in [1.807, 2.05) is 25.7 Å². The second-order valence-corrected chi connectivity index (χ2v) is 6.69. The molecule has 1 aromatic rings. The molecule has 1 fully saturated rings. The molecular formula is C16H24FN3O. The molecule has 4 nitrogen and oxygen atoms in total. The molecule has 5 heteroatoms. The van der Waals surface area contributed by atoms with Crippen LogP contribution >= 0.6 is 0 Å². The van der Waals surface area contributed by atoms with E-state index < -0.39 is 6.04 Å². The fourth-order valence-corrected chi connectivity index (χ4v) is 2.41. The predicted molar refractivity (Wildman–Crippen MR) is 83.9 cm³/mol. The summed E-state index contributed by atoms with van der Waals surface area (Å²) >= 11 is 0. The maximum atomic E-state index is 14.2. The van der Waals surface area contributed by atoms with Crippen molar-refractivity contribution >= 4 is 17.3 Å². The highest BCUT2D eigenvalue weighted by Gasteiger charge is 2.27. The molecule has 1 atom stereocenters. The summed E-state index contributed by atoms with van der Waals surface area (Å²) in [6.45, 7) is 7.46. The fraction of sp³-hybridized carbons (Fsp3) is 0.562. The van der Waals surface area contributed by atoms with E-state index in [-0.39, 0.29) is 17.1 Å². The first-order valence-electron chi connectivity index (χ1n) is 7.40. The molecule has 1 heterocycles. The normalized spacial score (nSPS) is 16.9. The van der Waals surface area contributed by atoms with Gasteiger partial charge < -0.3 is 16.0 Å². The zero-order valence-corrected chi connectivity index (χ0v) is 12.9. The van der Waals surface area contributed by atoms with Crippen LogP contribution in [0.1, 0.15) is 33.6 Å². The molecule has 0 aromatic heterocycles. The van der Waals surface area contributed by atoms with Gasteiger partial charge in [0.05, 0.1) is 11.7 Å². The van der Waals surface area contributed by atoms with Crippen molar-refractivity contribution in [2.75, 3.05) is 23.3 Å². The van der Waals surface area contributed by atoms with Crippen molar-refractivity contribution in [3.63, 3.8) is 0 Å². The van der Waals surface area contributed by atoms with Gasteiger partial charge in [0, 0.05) is 18.8 Å². The Morgan fingerprint density at radius 3 is 2.48 bits per heavy atom. The van der Waals surface area contributed by atoms with Crippen molar-refractivity contribution in [1.82, 2.24) is 0 Å². The zero-order chi connectivity index (χ0) is 15.6. The van der Waals surface area contributed by atoms with E-state index in [2.05, 4.69) is 5.32 Å². The number of carbonyl (C=O) groups excluding carboxylic acids is 1. The van der Waals surface area contributed by atoms with Gasteiger partial charge in [-0.25, -0.2) is 4.39 Å². The van der Waals surface area contributed by atoms with E-state index in [1.54, 1.807) is 12.1 Å². The molecule has 2 rings (SSSR count). The summed E-state index contributed by atoms with van der Waals surface area (Å²) in [6.07, 6.45) is 2.19. The molecule has 3 N–H and O–H groups in total. The zero-order valence-electron chi connectivity index (χ0n) is 12.9. The molecule has 0 unspecified atom stereocenters. The van der Waals surface area contributed by atoms with E-state index in [4.69, 9.17) is 5.73 Å². The van der Waals surface area contributed by atoms with Gasteiger partial charge in [0.25, 0.3) is 0 Å². The highest BCUT2D eigenvalue weighted by molar-refractivity contribution is 5.95. The van der Waals surface area contributed by atoms with E-state index in [0.717, 1.165) is 25.9 Å². The molecule has 0 aliphatic carbocycles. The molecular weight excluding hydrogens is 269 g/mol. The number of hydrogen-bond acceptors (Lipinski definition) is 3. The minimum Gasteiger partial charge on any atom is -0.369 e. The van der Waals surface area contributed by atoms with Crippen molar-refractivity contribution in [2.45, 2.75) is 39.7 Å². The number of nitrogens with one attached hydrogen (secondary N) is 1. The topological polar surface area (TPSA) is 58.4 Å². The molecule has 1 aliphatic rings. The number of carbonyl (C=O) groups is 1. The van der Waals surface area contributed by atoms with E-state index in [9.17, 15) is 9.18 Å². The summed E-state index contributed by atoms with van der Waals surface area (Å²) in [7, 11) is 0. The minimum absolute atomic E-state index is 0.296. The lowest BCUT2D eigenvalue weighted by molar-refractivity contribution is -0.119. The molecule has 0 radical (unpaired) electrons. The van der Waals surface area contributed by atoms with Crippen LogP contribution in [0.2, 0.25) is 0 Å². The van der Waals surface area contributed by atoms with Gasteiger partial charge in [0.1, 0.15) is 5.82 Å². The van der Waals surface area contributed by atoms with Crippen molar-refractivity contribution in [1.29, 1.82) is 0 Å². The third kappa shape index (κ3) is 3.73. The summed E-state index contributed by atoms with van der Waals surface area (Å²) in [6, 6.07) is 4.17. The first-order chi connectivity index (χ1) is 9.79. The first kappa shape index (κ1) is 15.8. The maximum Gasteiger partial charge on any atom is 0.241 e. The van der Waals surface area contributed by atoms with Crippen LogP contribution in [-0.4, -0.2) is 25.0 Å². The highest BCUT2D eigenvalue weighted by Crippen LogP contribution is 2.26. The van der Waals surface area contributed by atoms with Gasteiger partial charge in [0.15, 0.2) is 0 Å². The number of benzene rings is 1. The van der Waals surface area contributed by atoms with Gasteiger partial charge in [-0.15, -0.1) is 0 Å². The number of amides is 1. The summed E-state index contributed by atoms with van der Waals surface area (Å²) in [5.41, 5.74) is 6.61. The second-order valence-electron chi connectivity index (χ2n) is 6.69. The molecule has 0 spiro atoms. The Bertz CT molecular complexity index is 519. The molecule has 116 valence electrons. The Morgan fingerprint density at radius 1 is 1.33 bits per heavy atom. The molecule has 1 aliphatic heterocycles. The second kappa shape index (κ2) is 6.02. The largest absolute Gasteiger partial charge is 0.369 e. The molecule has 1 amide bonds. The van der Waals surface area contributed by atoms with Crippen LogP contribution in [0.15, 0.2) is 18.2 Å². The maximum absolute atomic E-state index is 14.2. The Labute approximate surface area is 125 Å². The number of nitrogens with two attached hydrogens (primary N) is 1. The third-order valence-electron chi connectivity index (χ3n) is 3.88. The number of anilines is 2. The van der Waals surface area contributed by atoms with Crippen LogP contribution in [0.5, 0.6) is 0 Å². The quantitative estimate of drug-likeness (QED) is 0.901. The van der Waals surface area contributed by atoms with E-state index >= 15 is 0 Å². The van der Waals surface area contributed by atoms with Crippen molar-refractivity contribution in [3.05, 3.63) is 24.0 Å². The number of halogens is 1. The van der Waals surface area contributed by atoms with Crippen molar-refractivity contribution < 1.29 is 9.18 Å². The average Bonchev–Trinajstić information content (AvgIpc) is 2.90. The standard InChI is InChI=1S/C16H24FN3O/c1-16(2,3)14(18)15(21)19-11-6-7-13(12(17)10-11)20-8-4-5-9-20/h6-7,10,14H,4-5,8-9,18H2,1-3H3,(H,19,21)/t14-/m0/s1. The number of hydrogen-bond donors (Lipinski definition) is 2. The summed E-state index contributed by atoms with van der Waals surface area (Å²) in [5.74, 6) is -0.602. The first-order valence-corrected chi connectivity index (χ1v) is 7.40. The van der Waals surface area contributed by atoms with Crippen LogP contribution in [0.4, 0.5) is 15.8 Å². The predicted octanol–water partition coefficient (Wildman–Crippen LogP) is 2.74. The molecule has 0 saturated carbocycles. The number of rotatable bonds is 3. The fourth-order valence-electron chi connectivity index (χ4n) is 2.41. The van der Waals surface area contributed by atoms with Gasteiger partial charge in [0.2, 0.25) is 5.91 Å². The third-order valence-corrected chi connectivity index (χ3v) is 3.88. The average molecular weight is 293 g/mol. The van der Waals surface area contributed by atoms with Gasteiger partial charge >= 0.3 is 0 Å². The lowest BCUT2D eigenvalue weighted by atomic mass is 9.87. The summed E-state index contributed by atoms with van der Waals surface area (Å²) < 4.78 is 14.2. The highest BCUT2D eigenvalue weighted by atomic mass is 19.1. The molecule has 0 bridgehead atoms. The van der Waals surface area contributed by atoms with Gasteiger partial charge in [-0.05, 0) is 36.5 Å². The Kier molecular flexibility index (Phi) is 4.52. The van der Waals surface area contributed by atoms with Crippen molar-refractivity contribution in [3.8, 4) is 0 Å². The van der Waals surface area contributed by atoms with E-state index in [1.165, 1.54) is 6.07 Å². The van der Waals surface area contributed by atoms with Crippen LogP contribution in [0.25, 0.3) is 0 Å². The van der Waals surface area contributed by atoms with Gasteiger partial charge in [-0.2, -0.15) is 0 Å². The van der Waals surface area contributed by atoms with Crippen LogP contribution in [0.3, 0.4) is 0 Å². The summed E-state index contributed by atoms with van der Waals surface area (Å²) in [4.78, 5) is 14.1.